The smallest absolute Gasteiger partial charge is 0.191 e. The van der Waals surface area contributed by atoms with Gasteiger partial charge in [-0.3, -0.25) is 4.68 Å². The first kappa shape index (κ1) is 16.1. The first-order valence-electron chi connectivity index (χ1n) is 7.63. The fourth-order valence-corrected chi connectivity index (χ4v) is 3.44. The molecule has 2 rings (SSSR count). The Morgan fingerprint density at radius 1 is 1.52 bits per heavy atom. The molecule has 1 aliphatic carbocycles. The maximum atomic E-state index is 4.63. The third kappa shape index (κ3) is 4.91. The van der Waals surface area contributed by atoms with Gasteiger partial charge in [-0.15, -0.1) is 0 Å². The number of nitrogens with zero attached hydrogens (tertiary/aromatic N) is 4. The van der Waals surface area contributed by atoms with E-state index in [0.29, 0.717) is 12.6 Å². The summed E-state index contributed by atoms with van der Waals surface area (Å²) in [5.41, 5.74) is 0. The third-order valence-electron chi connectivity index (χ3n) is 3.83. The molecule has 2 atom stereocenters. The van der Waals surface area contributed by atoms with Crippen molar-refractivity contribution in [3.8, 4) is 0 Å². The van der Waals surface area contributed by atoms with Crippen LogP contribution in [0.15, 0.2) is 11.3 Å². The van der Waals surface area contributed by atoms with E-state index in [-0.39, 0.29) is 0 Å². The highest BCUT2D eigenvalue weighted by molar-refractivity contribution is 7.99. The minimum Gasteiger partial charge on any atom is -0.357 e. The maximum Gasteiger partial charge on any atom is 0.191 e. The van der Waals surface area contributed by atoms with E-state index in [9.17, 15) is 0 Å². The Kier molecular flexibility index (Phi) is 6.35. The molecule has 2 unspecified atom stereocenters. The molecule has 1 heterocycles. The molecule has 0 radical (unpaired) electrons. The van der Waals surface area contributed by atoms with Crippen LogP contribution in [0.2, 0.25) is 0 Å². The Labute approximate surface area is 131 Å². The van der Waals surface area contributed by atoms with Crippen molar-refractivity contribution in [3.05, 3.63) is 12.2 Å². The van der Waals surface area contributed by atoms with Gasteiger partial charge < -0.3 is 10.6 Å². The molecule has 6 nitrogen and oxygen atoms in total. The quantitative estimate of drug-likeness (QED) is 0.638. The van der Waals surface area contributed by atoms with E-state index >= 15 is 0 Å². The lowest BCUT2D eigenvalue weighted by molar-refractivity contribution is 0.419. The predicted molar refractivity (Wildman–Crippen MR) is 88.5 cm³/mol. The molecule has 0 aromatic carbocycles. The molecule has 0 bridgehead atoms. The van der Waals surface area contributed by atoms with Gasteiger partial charge in [-0.05, 0) is 32.4 Å². The SMILES string of the molecule is CCNC(=NCc1ncnn1C)NC1CCCC(SC)C1. The van der Waals surface area contributed by atoms with Crippen LogP contribution in [-0.4, -0.2) is 44.8 Å². The summed E-state index contributed by atoms with van der Waals surface area (Å²) < 4.78 is 1.76. The molecule has 1 fully saturated rings. The van der Waals surface area contributed by atoms with Crippen LogP contribution >= 0.6 is 11.8 Å². The zero-order valence-electron chi connectivity index (χ0n) is 13.2. The monoisotopic (exact) mass is 310 g/mol. The number of nitrogens with one attached hydrogen (secondary N) is 2. The van der Waals surface area contributed by atoms with Crippen molar-refractivity contribution in [3.63, 3.8) is 0 Å². The lowest BCUT2D eigenvalue weighted by atomic mass is 9.95. The Balaban J connectivity index is 1.93. The molecule has 1 aromatic heterocycles. The lowest BCUT2D eigenvalue weighted by Gasteiger charge is -2.29. The summed E-state index contributed by atoms with van der Waals surface area (Å²) in [6, 6.07) is 0.522. The van der Waals surface area contributed by atoms with Crippen molar-refractivity contribution in [2.45, 2.75) is 50.4 Å². The normalized spacial score (nSPS) is 23.1. The second-order valence-electron chi connectivity index (χ2n) is 5.36. The van der Waals surface area contributed by atoms with Gasteiger partial charge in [0.15, 0.2) is 5.96 Å². The van der Waals surface area contributed by atoms with Crippen LogP contribution in [0.5, 0.6) is 0 Å². The molecule has 0 aliphatic heterocycles. The van der Waals surface area contributed by atoms with Crippen LogP contribution in [0.25, 0.3) is 0 Å². The highest BCUT2D eigenvalue weighted by Gasteiger charge is 2.21. The Hall–Kier alpha value is -1.24. The van der Waals surface area contributed by atoms with Gasteiger partial charge in [0.05, 0.1) is 0 Å². The van der Waals surface area contributed by atoms with Crippen molar-refractivity contribution < 1.29 is 0 Å². The third-order valence-corrected chi connectivity index (χ3v) is 4.92. The topological polar surface area (TPSA) is 67.1 Å². The van der Waals surface area contributed by atoms with Crippen LogP contribution in [0.3, 0.4) is 0 Å². The number of aliphatic imine (C=N–C) groups is 1. The van der Waals surface area contributed by atoms with Crippen LogP contribution < -0.4 is 10.6 Å². The second-order valence-corrected chi connectivity index (χ2v) is 6.50. The van der Waals surface area contributed by atoms with Crippen molar-refractivity contribution in [1.29, 1.82) is 0 Å². The molecule has 118 valence electrons. The highest BCUT2D eigenvalue weighted by atomic mass is 32.2. The molecule has 1 aliphatic rings. The number of aromatic nitrogens is 3. The van der Waals surface area contributed by atoms with Crippen LogP contribution in [0.4, 0.5) is 0 Å². The van der Waals surface area contributed by atoms with Gasteiger partial charge in [-0.1, -0.05) is 6.42 Å². The van der Waals surface area contributed by atoms with Gasteiger partial charge in [0.2, 0.25) is 0 Å². The summed E-state index contributed by atoms with van der Waals surface area (Å²) in [6.45, 7) is 3.50. The molecule has 1 saturated carbocycles. The van der Waals surface area contributed by atoms with Crippen molar-refractivity contribution in [2.24, 2.45) is 12.0 Å². The summed E-state index contributed by atoms with van der Waals surface area (Å²) in [5.74, 6) is 1.75. The van der Waals surface area contributed by atoms with Gasteiger partial charge in [0, 0.05) is 24.9 Å². The number of thioether (sulfide) groups is 1. The zero-order valence-corrected chi connectivity index (χ0v) is 14.0. The van der Waals surface area contributed by atoms with Gasteiger partial charge in [-0.2, -0.15) is 16.9 Å². The first-order valence-corrected chi connectivity index (χ1v) is 8.92. The fourth-order valence-electron chi connectivity index (χ4n) is 2.62. The average Bonchev–Trinajstić information content (AvgIpc) is 2.90. The summed E-state index contributed by atoms with van der Waals surface area (Å²) >= 11 is 1.98. The summed E-state index contributed by atoms with van der Waals surface area (Å²) in [7, 11) is 1.89. The van der Waals surface area contributed by atoms with E-state index in [0.717, 1.165) is 23.6 Å². The molecule has 2 N–H and O–H groups in total. The van der Waals surface area contributed by atoms with E-state index < -0.39 is 0 Å². The number of guanidine groups is 1. The minimum atomic E-state index is 0.522. The standard InChI is InChI=1S/C14H26N6S/c1-4-15-14(16-9-13-17-10-18-20(13)2)19-11-6-5-7-12(8-11)21-3/h10-12H,4-9H2,1-3H3,(H2,15,16,19). The average molecular weight is 310 g/mol. The molecule has 0 saturated heterocycles. The van der Waals surface area contributed by atoms with Crippen LogP contribution in [0.1, 0.15) is 38.4 Å². The van der Waals surface area contributed by atoms with Gasteiger partial charge in [-0.25, -0.2) is 9.98 Å². The van der Waals surface area contributed by atoms with E-state index in [1.54, 1.807) is 11.0 Å². The number of hydrogen-bond acceptors (Lipinski definition) is 4. The zero-order chi connectivity index (χ0) is 15.1. The predicted octanol–water partition coefficient (Wildman–Crippen LogP) is 1.54. The van der Waals surface area contributed by atoms with Crippen LogP contribution in [0, 0.1) is 0 Å². The summed E-state index contributed by atoms with van der Waals surface area (Å²) in [6.07, 6.45) is 8.86. The minimum absolute atomic E-state index is 0.522. The Bertz CT molecular complexity index is 458. The summed E-state index contributed by atoms with van der Waals surface area (Å²) in [4.78, 5) is 8.83. The number of aryl methyl sites for hydroxylation is 1. The molecular weight excluding hydrogens is 284 g/mol. The van der Waals surface area contributed by atoms with Gasteiger partial charge in [0.1, 0.15) is 18.7 Å². The molecule has 0 spiro atoms. The van der Waals surface area contributed by atoms with E-state index in [1.165, 1.54) is 25.7 Å². The van der Waals surface area contributed by atoms with Crippen LogP contribution in [-0.2, 0) is 13.6 Å². The highest BCUT2D eigenvalue weighted by Crippen LogP contribution is 2.26. The van der Waals surface area contributed by atoms with Crippen molar-refractivity contribution in [2.75, 3.05) is 12.8 Å². The Morgan fingerprint density at radius 2 is 2.38 bits per heavy atom. The Morgan fingerprint density at radius 3 is 3.05 bits per heavy atom. The maximum absolute atomic E-state index is 4.63. The fraction of sp³-hybridized carbons (Fsp3) is 0.786. The molecule has 0 amide bonds. The molecule has 1 aromatic rings. The van der Waals surface area contributed by atoms with Crippen molar-refractivity contribution in [1.82, 2.24) is 25.4 Å². The number of hydrogen-bond donors (Lipinski definition) is 2. The summed E-state index contributed by atoms with van der Waals surface area (Å²) in [5, 5.41) is 11.7. The largest absolute Gasteiger partial charge is 0.357 e. The van der Waals surface area contributed by atoms with Gasteiger partial charge >= 0.3 is 0 Å². The van der Waals surface area contributed by atoms with E-state index in [4.69, 9.17) is 0 Å². The van der Waals surface area contributed by atoms with Gasteiger partial charge in [0.25, 0.3) is 0 Å². The van der Waals surface area contributed by atoms with E-state index in [2.05, 4.69) is 38.9 Å². The van der Waals surface area contributed by atoms with E-state index in [1.807, 2.05) is 18.8 Å². The molecule has 21 heavy (non-hydrogen) atoms. The van der Waals surface area contributed by atoms with Crippen molar-refractivity contribution >= 4 is 17.7 Å². The lowest BCUT2D eigenvalue weighted by Crippen LogP contribution is -2.45. The second kappa shape index (κ2) is 8.26. The molecular formula is C14H26N6S. The molecule has 7 heteroatoms. The number of rotatable bonds is 5. The first-order chi connectivity index (χ1) is 10.2.